The highest BCUT2D eigenvalue weighted by Gasteiger charge is 2.19. The van der Waals surface area contributed by atoms with Crippen molar-refractivity contribution >= 4 is 17.3 Å². The van der Waals surface area contributed by atoms with Crippen LogP contribution >= 0.6 is 12.2 Å². The smallest absolute Gasteiger partial charge is 0.169 e. The molecular formula is C11H22N2OS. The molecule has 15 heavy (non-hydrogen) atoms. The standard InChI is InChI=1S/C11H22N2OS/c1-4-13(11(15)12-9(2)3)8-10-6-5-7-14-10/h9-10H,4-8H2,1-3H3,(H,12,15). The Balaban J connectivity index is 2.36. The average Bonchev–Trinajstić information content (AvgIpc) is 2.65. The molecule has 1 fully saturated rings. The summed E-state index contributed by atoms with van der Waals surface area (Å²) in [7, 11) is 0. The molecule has 0 aromatic heterocycles. The second-order valence-corrected chi connectivity index (χ2v) is 4.66. The molecule has 0 radical (unpaired) electrons. The maximum atomic E-state index is 5.61. The quantitative estimate of drug-likeness (QED) is 0.744. The number of thiocarbonyl (C=S) groups is 1. The second-order valence-electron chi connectivity index (χ2n) is 4.28. The van der Waals surface area contributed by atoms with E-state index in [2.05, 4.69) is 31.0 Å². The van der Waals surface area contributed by atoms with Gasteiger partial charge in [0, 0.05) is 25.7 Å². The van der Waals surface area contributed by atoms with Crippen LogP contribution in [0.15, 0.2) is 0 Å². The normalized spacial score (nSPS) is 20.7. The SMILES string of the molecule is CCN(CC1CCCO1)C(=S)NC(C)C. The van der Waals surface area contributed by atoms with Crippen molar-refractivity contribution in [3.8, 4) is 0 Å². The fraction of sp³-hybridized carbons (Fsp3) is 0.909. The van der Waals surface area contributed by atoms with Gasteiger partial charge in [-0.2, -0.15) is 0 Å². The van der Waals surface area contributed by atoms with Crippen molar-refractivity contribution in [2.24, 2.45) is 0 Å². The van der Waals surface area contributed by atoms with E-state index >= 15 is 0 Å². The Bertz CT molecular complexity index is 203. The summed E-state index contributed by atoms with van der Waals surface area (Å²) < 4.78 is 5.61. The van der Waals surface area contributed by atoms with Crippen molar-refractivity contribution in [3.63, 3.8) is 0 Å². The lowest BCUT2D eigenvalue weighted by molar-refractivity contribution is 0.0920. The number of nitrogens with one attached hydrogen (secondary N) is 1. The molecule has 1 aliphatic rings. The predicted molar refractivity (Wildman–Crippen MR) is 67.1 cm³/mol. The maximum absolute atomic E-state index is 5.61. The summed E-state index contributed by atoms with van der Waals surface area (Å²) in [6.07, 6.45) is 2.73. The van der Waals surface area contributed by atoms with Crippen LogP contribution in [0, 0.1) is 0 Å². The number of rotatable bonds is 4. The summed E-state index contributed by atoms with van der Waals surface area (Å²) in [6.45, 7) is 9.11. The molecule has 0 bridgehead atoms. The van der Waals surface area contributed by atoms with Gasteiger partial charge in [-0.25, -0.2) is 0 Å². The lowest BCUT2D eigenvalue weighted by Gasteiger charge is -2.28. The van der Waals surface area contributed by atoms with E-state index in [0.29, 0.717) is 12.1 Å². The molecule has 1 rings (SSSR count). The maximum Gasteiger partial charge on any atom is 0.169 e. The largest absolute Gasteiger partial charge is 0.376 e. The van der Waals surface area contributed by atoms with Crippen LogP contribution in [0.5, 0.6) is 0 Å². The Morgan fingerprint density at radius 1 is 1.60 bits per heavy atom. The van der Waals surface area contributed by atoms with Crippen molar-refractivity contribution in [1.82, 2.24) is 10.2 Å². The monoisotopic (exact) mass is 230 g/mol. The molecular weight excluding hydrogens is 208 g/mol. The van der Waals surface area contributed by atoms with Gasteiger partial charge in [-0.3, -0.25) is 0 Å². The zero-order valence-corrected chi connectivity index (χ0v) is 10.8. The van der Waals surface area contributed by atoms with Gasteiger partial charge in [0.05, 0.1) is 6.10 Å². The molecule has 0 aromatic rings. The highest BCUT2D eigenvalue weighted by molar-refractivity contribution is 7.80. The molecule has 1 heterocycles. The Hall–Kier alpha value is -0.350. The van der Waals surface area contributed by atoms with Gasteiger partial charge in [0.1, 0.15) is 0 Å². The van der Waals surface area contributed by atoms with Gasteiger partial charge in [-0.15, -0.1) is 0 Å². The van der Waals surface area contributed by atoms with Crippen LogP contribution in [-0.2, 0) is 4.74 Å². The molecule has 4 heteroatoms. The van der Waals surface area contributed by atoms with Gasteiger partial charge in [-0.05, 0) is 45.8 Å². The summed E-state index contributed by atoms with van der Waals surface area (Å²) in [6, 6.07) is 0.399. The van der Waals surface area contributed by atoms with E-state index < -0.39 is 0 Å². The summed E-state index contributed by atoms with van der Waals surface area (Å²) in [5, 5.41) is 4.12. The van der Waals surface area contributed by atoms with E-state index in [4.69, 9.17) is 17.0 Å². The molecule has 1 atom stereocenters. The first-order valence-corrected chi connectivity index (χ1v) is 6.21. The van der Waals surface area contributed by atoms with Gasteiger partial charge in [-0.1, -0.05) is 0 Å². The summed E-state index contributed by atoms with van der Waals surface area (Å²) >= 11 is 5.34. The minimum atomic E-state index is 0.372. The Kier molecular flexibility index (Phi) is 5.32. The summed E-state index contributed by atoms with van der Waals surface area (Å²) in [4.78, 5) is 2.19. The molecule has 0 spiro atoms. The third-order valence-corrected chi connectivity index (χ3v) is 2.91. The van der Waals surface area contributed by atoms with E-state index in [-0.39, 0.29) is 0 Å². The minimum absolute atomic E-state index is 0.372. The minimum Gasteiger partial charge on any atom is -0.376 e. The molecule has 1 aliphatic heterocycles. The second kappa shape index (κ2) is 6.28. The van der Waals surface area contributed by atoms with Gasteiger partial charge in [0.15, 0.2) is 5.11 Å². The van der Waals surface area contributed by atoms with Gasteiger partial charge >= 0.3 is 0 Å². The van der Waals surface area contributed by atoms with Crippen LogP contribution in [0.1, 0.15) is 33.6 Å². The van der Waals surface area contributed by atoms with Crippen molar-refractivity contribution in [1.29, 1.82) is 0 Å². The van der Waals surface area contributed by atoms with Crippen molar-refractivity contribution in [3.05, 3.63) is 0 Å². The first-order valence-electron chi connectivity index (χ1n) is 5.80. The van der Waals surface area contributed by atoms with Crippen LogP contribution in [-0.4, -0.2) is 41.9 Å². The molecule has 1 saturated heterocycles. The molecule has 0 saturated carbocycles. The Morgan fingerprint density at radius 2 is 2.33 bits per heavy atom. The van der Waals surface area contributed by atoms with E-state index in [1.165, 1.54) is 12.8 Å². The fourth-order valence-electron chi connectivity index (χ4n) is 1.73. The first-order chi connectivity index (χ1) is 7.13. The number of likely N-dealkylation sites (N-methyl/N-ethyl adjacent to an activating group) is 1. The number of nitrogens with zero attached hydrogens (tertiary/aromatic N) is 1. The topological polar surface area (TPSA) is 24.5 Å². The van der Waals surface area contributed by atoms with Crippen molar-refractivity contribution < 1.29 is 4.74 Å². The Morgan fingerprint density at radius 3 is 2.80 bits per heavy atom. The molecule has 0 aromatic carbocycles. The van der Waals surface area contributed by atoms with Crippen molar-refractivity contribution in [2.75, 3.05) is 19.7 Å². The predicted octanol–water partition coefficient (Wildman–Crippen LogP) is 1.77. The van der Waals surface area contributed by atoms with Crippen LogP contribution in [0.25, 0.3) is 0 Å². The van der Waals surface area contributed by atoms with Crippen LogP contribution in [0.3, 0.4) is 0 Å². The zero-order valence-electron chi connectivity index (χ0n) is 9.95. The van der Waals surface area contributed by atoms with Crippen LogP contribution in [0.4, 0.5) is 0 Å². The van der Waals surface area contributed by atoms with E-state index in [1.54, 1.807) is 0 Å². The number of hydrogen-bond donors (Lipinski definition) is 1. The highest BCUT2D eigenvalue weighted by atomic mass is 32.1. The van der Waals surface area contributed by atoms with Gasteiger partial charge in [0.2, 0.25) is 0 Å². The lowest BCUT2D eigenvalue weighted by Crippen LogP contribution is -2.45. The molecule has 1 N–H and O–H groups in total. The summed E-state index contributed by atoms with van der Waals surface area (Å²) in [5.74, 6) is 0. The zero-order chi connectivity index (χ0) is 11.3. The number of ether oxygens (including phenoxy) is 1. The first kappa shape index (κ1) is 12.7. The third kappa shape index (κ3) is 4.34. The van der Waals surface area contributed by atoms with Crippen LogP contribution < -0.4 is 5.32 Å². The van der Waals surface area contributed by atoms with Crippen molar-refractivity contribution in [2.45, 2.75) is 45.8 Å². The molecule has 88 valence electrons. The fourth-order valence-corrected chi connectivity index (χ4v) is 2.17. The Labute approximate surface area is 98.2 Å². The highest BCUT2D eigenvalue weighted by Crippen LogP contribution is 2.13. The third-order valence-electron chi connectivity index (χ3n) is 2.53. The summed E-state index contributed by atoms with van der Waals surface area (Å²) in [5.41, 5.74) is 0. The average molecular weight is 230 g/mol. The van der Waals surface area contributed by atoms with Crippen LogP contribution in [0.2, 0.25) is 0 Å². The van der Waals surface area contributed by atoms with E-state index in [9.17, 15) is 0 Å². The molecule has 0 aliphatic carbocycles. The molecule has 3 nitrogen and oxygen atoms in total. The number of hydrogen-bond acceptors (Lipinski definition) is 2. The van der Waals surface area contributed by atoms with E-state index in [1.807, 2.05) is 0 Å². The molecule has 1 unspecified atom stereocenters. The lowest BCUT2D eigenvalue weighted by atomic mass is 10.2. The van der Waals surface area contributed by atoms with E-state index in [0.717, 1.165) is 24.8 Å². The van der Waals surface area contributed by atoms with Gasteiger partial charge < -0.3 is 15.0 Å². The van der Waals surface area contributed by atoms with Gasteiger partial charge in [0.25, 0.3) is 0 Å². The molecule has 0 amide bonds.